The van der Waals surface area contributed by atoms with E-state index in [1.165, 1.54) is 24.3 Å². The van der Waals surface area contributed by atoms with Crippen molar-refractivity contribution in [2.75, 3.05) is 18.1 Å². The quantitative estimate of drug-likeness (QED) is 0.292. The molecule has 5 rings (SSSR count). The predicted molar refractivity (Wildman–Crippen MR) is 141 cm³/mol. The maximum absolute atomic E-state index is 13.3. The number of halogens is 6. The molecule has 2 aliphatic carbocycles. The Morgan fingerprint density at radius 1 is 0.725 bits per heavy atom. The first-order valence-electron chi connectivity index (χ1n) is 12.9. The van der Waals surface area contributed by atoms with Crippen molar-refractivity contribution in [2.45, 2.75) is 43.1 Å². The van der Waals surface area contributed by atoms with Gasteiger partial charge in [0.2, 0.25) is 0 Å². The van der Waals surface area contributed by atoms with Gasteiger partial charge in [0, 0.05) is 30.0 Å². The minimum atomic E-state index is -4.54. The number of rotatable bonds is 7. The maximum atomic E-state index is 13.3. The van der Waals surface area contributed by atoms with E-state index < -0.39 is 34.9 Å². The third-order valence-corrected chi connectivity index (χ3v) is 7.89. The van der Waals surface area contributed by atoms with Crippen molar-refractivity contribution in [3.63, 3.8) is 0 Å². The lowest BCUT2D eigenvalue weighted by Gasteiger charge is -2.39. The number of fused-ring (bicyclic) bond motifs is 2. The molecule has 3 nitrogen and oxygen atoms in total. The predicted octanol–water partition coefficient (Wildman–Crippen LogP) is 7.66. The van der Waals surface area contributed by atoms with Gasteiger partial charge in [0.15, 0.2) is 0 Å². The summed E-state index contributed by atoms with van der Waals surface area (Å²) in [6.45, 7) is -0.248. The van der Waals surface area contributed by atoms with Crippen molar-refractivity contribution < 1.29 is 36.6 Å². The average molecular weight is 560 g/mol. The van der Waals surface area contributed by atoms with E-state index in [1.54, 1.807) is 4.90 Å². The zero-order valence-electron chi connectivity index (χ0n) is 21.3. The number of allylic oxidation sites excluding steroid dienone is 2. The van der Waals surface area contributed by atoms with Gasteiger partial charge in [-0.3, -0.25) is 0 Å². The molecular formula is C31H27F6NO2. The summed E-state index contributed by atoms with van der Waals surface area (Å²) in [5.41, 5.74) is 2.39. The maximum Gasteiger partial charge on any atom is 0.416 e. The van der Waals surface area contributed by atoms with E-state index >= 15 is 0 Å². The number of hydrogen-bond donors (Lipinski definition) is 2. The van der Waals surface area contributed by atoms with Gasteiger partial charge in [0.25, 0.3) is 0 Å². The van der Waals surface area contributed by atoms with E-state index in [-0.39, 0.29) is 13.2 Å². The van der Waals surface area contributed by atoms with Crippen molar-refractivity contribution in [1.82, 2.24) is 0 Å². The smallest absolute Gasteiger partial charge is 0.396 e. The summed E-state index contributed by atoms with van der Waals surface area (Å²) < 4.78 is 79.7. The van der Waals surface area contributed by atoms with Crippen LogP contribution in [0.5, 0.6) is 0 Å². The van der Waals surface area contributed by atoms with Gasteiger partial charge < -0.3 is 15.1 Å². The third kappa shape index (κ3) is 4.92. The molecular weight excluding hydrogens is 532 g/mol. The second-order valence-electron chi connectivity index (χ2n) is 10.1. The van der Waals surface area contributed by atoms with Crippen LogP contribution in [0.15, 0.2) is 90.5 Å². The molecule has 1 atom stereocenters. The van der Waals surface area contributed by atoms with Crippen LogP contribution in [0.3, 0.4) is 0 Å². The fraction of sp³-hybridized carbons (Fsp3) is 0.290. The van der Waals surface area contributed by atoms with Gasteiger partial charge in [-0.15, -0.1) is 0 Å². The molecule has 1 unspecified atom stereocenters. The zero-order valence-corrected chi connectivity index (χ0v) is 21.3. The summed E-state index contributed by atoms with van der Waals surface area (Å²) >= 11 is 0. The SMILES string of the molecule is OCCC1(CCO)C2=C(C=CC(N(c3ccc(C(F)(F)F)cc3)c3ccc(C(F)(F)F)cc3)C2)c2ccccc21. The summed E-state index contributed by atoms with van der Waals surface area (Å²) in [4.78, 5) is 1.73. The van der Waals surface area contributed by atoms with Crippen LogP contribution in [0.4, 0.5) is 37.7 Å². The Morgan fingerprint density at radius 2 is 1.23 bits per heavy atom. The molecule has 0 aromatic heterocycles. The highest BCUT2D eigenvalue weighted by Gasteiger charge is 2.45. The Morgan fingerprint density at radius 3 is 1.70 bits per heavy atom. The summed E-state index contributed by atoms with van der Waals surface area (Å²) in [5, 5.41) is 20.1. The monoisotopic (exact) mass is 559 g/mol. The normalized spacial score (nSPS) is 18.1. The van der Waals surface area contributed by atoms with Gasteiger partial charge in [-0.2, -0.15) is 26.3 Å². The number of aliphatic hydroxyl groups excluding tert-OH is 2. The Hall–Kier alpha value is -3.56. The number of anilines is 2. The summed E-state index contributed by atoms with van der Waals surface area (Å²) in [6, 6.07) is 16.4. The van der Waals surface area contributed by atoms with E-state index in [0.717, 1.165) is 46.5 Å². The molecule has 0 heterocycles. The Bertz CT molecular complexity index is 1360. The lowest BCUT2D eigenvalue weighted by atomic mass is 9.70. The summed E-state index contributed by atoms with van der Waals surface area (Å²) in [6.07, 6.45) is -4.12. The molecule has 0 amide bonds. The molecule has 0 aliphatic heterocycles. The number of alkyl halides is 6. The minimum absolute atomic E-state index is 0.124. The lowest BCUT2D eigenvalue weighted by molar-refractivity contribution is -0.138. The molecule has 0 fully saturated rings. The van der Waals surface area contributed by atoms with Crippen molar-refractivity contribution in [3.8, 4) is 0 Å². The number of hydrogen-bond acceptors (Lipinski definition) is 3. The van der Waals surface area contributed by atoms with Crippen LogP contribution < -0.4 is 4.90 Å². The molecule has 40 heavy (non-hydrogen) atoms. The van der Waals surface area contributed by atoms with Gasteiger partial charge in [-0.1, -0.05) is 36.4 Å². The summed E-state index contributed by atoms with van der Waals surface area (Å²) in [7, 11) is 0. The third-order valence-electron chi connectivity index (χ3n) is 7.89. The van der Waals surface area contributed by atoms with E-state index in [0.29, 0.717) is 30.6 Å². The molecule has 0 saturated heterocycles. The van der Waals surface area contributed by atoms with Crippen LogP contribution in [0.25, 0.3) is 5.57 Å². The Labute approximate surface area is 227 Å². The molecule has 3 aromatic carbocycles. The van der Waals surface area contributed by atoms with Crippen molar-refractivity contribution >= 4 is 16.9 Å². The Kier molecular flexibility index (Phi) is 7.31. The first-order valence-corrected chi connectivity index (χ1v) is 12.9. The first kappa shape index (κ1) is 28.0. The fourth-order valence-corrected chi connectivity index (χ4v) is 6.11. The van der Waals surface area contributed by atoms with Gasteiger partial charge in [0.1, 0.15) is 0 Å². The van der Waals surface area contributed by atoms with Crippen LogP contribution >= 0.6 is 0 Å². The second-order valence-corrected chi connectivity index (χ2v) is 10.1. The molecule has 0 bridgehead atoms. The molecule has 210 valence electrons. The van der Waals surface area contributed by atoms with Gasteiger partial charge in [-0.05, 0) is 90.1 Å². The highest BCUT2D eigenvalue weighted by molar-refractivity contribution is 5.88. The molecule has 0 spiro atoms. The zero-order chi connectivity index (χ0) is 28.7. The van der Waals surface area contributed by atoms with Gasteiger partial charge in [-0.25, -0.2) is 0 Å². The average Bonchev–Trinajstić information content (AvgIpc) is 3.18. The molecule has 2 N–H and O–H groups in total. The topological polar surface area (TPSA) is 43.7 Å². The van der Waals surface area contributed by atoms with Crippen LogP contribution in [-0.4, -0.2) is 29.5 Å². The molecule has 0 radical (unpaired) electrons. The molecule has 9 heteroatoms. The van der Waals surface area contributed by atoms with E-state index in [9.17, 15) is 36.6 Å². The largest absolute Gasteiger partial charge is 0.416 e. The van der Waals surface area contributed by atoms with Crippen LogP contribution in [-0.2, 0) is 17.8 Å². The minimum Gasteiger partial charge on any atom is -0.396 e. The van der Waals surface area contributed by atoms with Gasteiger partial charge >= 0.3 is 12.4 Å². The number of aliphatic hydroxyl groups is 2. The molecule has 2 aliphatic rings. The standard InChI is InChI=1S/C31H27F6NO2/c32-30(33,34)20-5-9-22(10-6-20)38(23-11-7-21(8-12-23)31(35,36)37)24-13-14-26-25-3-1-2-4-27(25)29(15-17-39,16-18-40)28(26)19-24/h1-14,24,39-40H,15-19H2. The van der Waals surface area contributed by atoms with Crippen molar-refractivity contribution in [2.24, 2.45) is 0 Å². The first-order chi connectivity index (χ1) is 19.0. The lowest BCUT2D eigenvalue weighted by Crippen LogP contribution is -2.36. The molecule has 3 aromatic rings. The van der Waals surface area contributed by atoms with E-state index in [4.69, 9.17) is 0 Å². The van der Waals surface area contributed by atoms with Gasteiger partial charge in [0.05, 0.1) is 17.2 Å². The highest BCUT2D eigenvalue weighted by atomic mass is 19.4. The van der Waals surface area contributed by atoms with Crippen molar-refractivity contribution in [1.29, 1.82) is 0 Å². The highest BCUT2D eigenvalue weighted by Crippen LogP contribution is 2.54. The van der Waals surface area contributed by atoms with E-state index in [1.807, 2.05) is 36.4 Å². The van der Waals surface area contributed by atoms with E-state index in [2.05, 4.69) is 0 Å². The van der Waals surface area contributed by atoms with Crippen LogP contribution in [0, 0.1) is 0 Å². The van der Waals surface area contributed by atoms with Crippen LogP contribution in [0.2, 0.25) is 0 Å². The Balaban J connectivity index is 1.59. The van der Waals surface area contributed by atoms with Crippen molar-refractivity contribution in [3.05, 3.63) is 113 Å². The summed E-state index contributed by atoms with van der Waals surface area (Å²) in [5.74, 6) is 0. The molecule has 0 saturated carbocycles. The number of benzene rings is 3. The van der Waals surface area contributed by atoms with Crippen LogP contribution in [0.1, 0.15) is 41.5 Å². The second kappa shape index (κ2) is 10.4. The number of nitrogens with zero attached hydrogens (tertiary/aromatic N) is 1. The fourth-order valence-electron chi connectivity index (χ4n) is 6.11.